The molecule has 0 bridgehead atoms. The fourth-order valence-electron chi connectivity index (χ4n) is 1.33. The zero-order valence-electron chi connectivity index (χ0n) is 9.68. The molecule has 2 aromatic rings. The minimum absolute atomic E-state index is 0.290. The average Bonchev–Trinajstić information content (AvgIpc) is 2.77. The fourth-order valence-corrected chi connectivity index (χ4v) is 2.60. The van der Waals surface area contributed by atoms with Gasteiger partial charge in [-0.1, -0.05) is 18.3 Å². The van der Waals surface area contributed by atoms with Gasteiger partial charge >= 0.3 is 0 Å². The number of anilines is 1. The topological polar surface area (TPSA) is 67.8 Å². The summed E-state index contributed by atoms with van der Waals surface area (Å²) < 4.78 is 0.654. The maximum atomic E-state index is 11.9. The van der Waals surface area contributed by atoms with Crippen molar-refractivity contribution in [3.8, 4) is 0 Å². The van der Waals surface area contributed by atoms with Crippen molar-refractivity contribution in [2.24, 2.45) is 0 Å². The van der Waals surface area contributed by atoms with Gasteiger partial charge in [-0.05, 0) is 34.5 Å². The van der Waals surface area contributed by atoms with Crippen LogP contribution in [-0.2, 0) is 6.42 Å². The van der Waals surface area contributed by atoms with Crippen molar-refractivity contribution in [2.45, 2.75) is 19.8 Å². The molecule has 0 radical (unpaired) electrons. The van der Waals surface area contributed by atoms with Crippen molar-refractivity contribution < 1.29 is 4.79 Å². The number of nitrogens with one attached hydrogen (secondary N) is 1. The van der Waals surface area contributed by atoms with Crippen molar-refractivity contribution in [2.75, 3.05) is 5.32 Å². The predicted octanol–water partition coefficient (Wildman–Crippen LogP) is 2.90. The Balaban J connectivity index is 2.09. The second-order valence-electron chi connectivity index (χ2n) is 3.54. The normalized spacial score (nSPS) is 10.3. The van der Waals surface area contributed by atoms with Crippen molar-refractivity contribution in [1.82, 2.24) is 15.2 Å². The van der Waals surface area contributed by atoms with Crippen LogP contribution in [0.4, 0.5) is 5.13 Å². The summed E-state index contributed by atoms with van der Waals surface area (Å²) in [6.07, 6.45) is 3.46. The van der Waals surface area contributed by atoms with Gasteiger partial charge in [0.15, 0.2) is 0 Å². The van der Waals surface area contributed by atoms with Crippen LogP contribution in [0.25, 0.3) is 0 Å². The maximum Gasteiger partial charge on any atom is 0.277 e. The number of pyridine rings is 1. The molecule has 2 rings (SSSR count). The molecule has 0 fully saturated rings. The minimum Gasteiger partial charge on any atom is -0.295 e. The first-order valence-electron chi connectivity index (χ1n) is 5.45. The quantitative estimate of drug-likeness (QED) is 0.937. The van der Waals surface area contributed by atoms with Crippen LogP contribution >= 0.6 is 27.3 Å². The molecule has 5 nitrogen and oxygen atoms in total. The molecule has 0 aliphatic heterocycles. The van der Waals surface area contributed by atoms with E-state index < -0.39 is 0 Å². The van der Waals surface area contributed by atoms with Gasteiger partial charge in [0.1, 0.15) is 10.7 Å². The summed E-state index contributed by atoms with van der Waals surface area (Å²) in [5.74, 6) is -0.290. The Hall–Kier alpha value is -1.34. The molecular formula is C11H11BrN4OS. The third-order valence-corrected chi connectivity index (χ3v) is 3.66. The molecule has 2 heterocycles. The van der Waals surface area contributed by atoms with Gasteiger partial charge in [-0.2, -0.15) is 0 Å². The van der Waals surface area contributed by atoms with Crippen LogP contribution in [-0.4, -0.2) is 21.1 Å². The molecule has 2 aromatic heterocycles. The second-order valence-corrected chi connectivity index (χ2v) is 5.46. The minimum atomic E-state index is -0.290. The van der Waals surface area contributed by atoms with Gasteiger partial charge in [-0.15, -0.1) is 10.2 Å². The summed E-state index contributed by atoms with van der Waals surface area (Å²) in [6.45, 7) is 2.07. The molecule has 7 heteroatoms. The lowest BCUT2D eigenvalue weighted by Crippen LogP contribution is -2.14. The highest BCUT2D eigenvalue weighted by Gasteiger charge is 2.13. The molecule has 1 amide bonds. The molecular weight excluding hydrogens is 316 g/mol. The van der Waals surface area contributed by atoms with Gasteiger partial charge in [-0.25, -0.2) is 4.98 Å². The standard InChI is InChI=1S/C11H11BrN4OS/c1-2-4-8-15-16-11(18-8)14-10(17)9-7(12)5-3-6-13-9/h3,5-6H,2,4H2,1H3,(H,14,16,17). The predicted molar refractivity (Wildman–Crippen MR) is 73.8 cm³/mol. The zero-order valence-corrected chi connectivity index (χ0v) is 12.1. The molecule has 0 atom stereocenters. The maximum absolute atomic E-state index is 11.9. The molecule has 0 saturated carbocycles. The molecule has 18 heavy (non-hydrogen) atoms. The van der Waals surface area contributed by atoms with Gasteiger partial charge in [0, 0.05) is 17.1 Å². The lowest BCUT2D eigenvalue weighted by molar-refractivity contribution is 0.102. The number of carbonyl (C=O) groups is 1. The van der Waals surface area contributed by atoms with Gasteiger partial charge in [0.2, 0.25) is 5.13 Å². The molecule has 94 valence electrons. The van der Waals surface area contributed by atoms with Gasteiger partial charge in [0.05, 0.1) is 0 Å². The van der Waals surface area contributed by atoms with Crippen LogP contribution in [0.1, 0.15) is 28.8 Å². The Labute approximate surface area is 117 Å². The fraction of sp³-hybridized carbons (Fsp3) is 0.273. The van der Waals surface area contributed by atoms with Crippen LogP contribution in [0.15, 0.2) is 22.8 Å². The third-order valence-electron chi connectivity index (χ3n) is 2.12. The Morgan fingerprint density at radius 2 is 2.33 bits per heavy atom. The van der Waals surface area contributed by atoms with E-state index in [2.05, 4.69) is 43.4 Å². The van der Waals surface area contributed by atoms with Crippen molar-refractivity contribution in [1.29, 1.82) is 0 Å². The summed E-state index contributed by atoms with van der Waals surface area (Å²) in [6, 6.07) is 3.52. The summed E-state index contributed by atoms with van der Waals surface area (Å²) in [4.78, 5) is 16.0. The number of halogens is 1. The first-order chi connectivity index (χ1) is 8.70. The van der Waals surface area contributed by atoms with E-state index in [9.17, 15) is 4.79 Å². The molecule has 0 aromatic carbocycles. The highest BCUT2D eigenvalue weighted by molar-refractivity contribution is 9.10. The van der Waals surface area contributed by atoms with E-state index in [1.807, 2.05) is 0 Å². The summed E-state index contributed by atoms with van der Waals surface area (Å²) in [5.41, 5.74) is 0.338. The van der Waals surface area contributed by atoms with Crippen LogP contribution in [0.3, 0.4) is 0 Å². The van der Waals surface area contributed by atoms with Gasteiger partial charge in [0.25, 0.3) is 5.91 Å². The van der Waals surface area contributed by atoms with E-state index in [0.717, 1.165) is 17.8 Å². The monoisotopic (exact) mass is 326 g/mol. The number of carbonyl (C=O) groups excluding carboxylic acids is 1. The first-order valence-corrected chi connectivity index (χ1v) is 7.06. The first kappa shape index (κ1) is 13.1. The van der Waals surface area contributed by atoms with Crippen LogP contribution in [0, 0.1) is 0 Å². The SMILES string of the molecule is CCCc1nnc(NC(=O)c2ncccc2Br)s1. The molecule has 0 spiro atoms. The number of amides is 1. The smallest absolute Gasteiger partial charge is 0.277 e. The number of hydrogen-bond donors (Lipinski definition) is 1. The lowest BCUT2D eigenvalue weighted by atomic mass is 10.3. The molecule has 0 aliphatic carbocycles. The van der Waals surface area contributed by atoms with Crippen molar-refractivity contribution >= 4 is 38.3 Å². The van der Waals surface area contributed by atoms with Crippen LogP contribution in [0.2, 0.25) is 0 Å². The highest BCUT2D eigenvalue weighted by Crippen LogP contribution is 2.19. The lowest BCUT2D eigenvalue weighted by Gasteiger charge is -2.01. The summed E-state index contributed by atoms with van der Waals surface area (Å²) in [5, 5.41) is 12.0. The van der Waals surface area contributed by atoms with Crippen molar-refractivity contribution in [3.05, 3.63) is 33.5 Å². The largest absolute Gasteiger partial charge is 0.295 e. The van der Waals surface area contributed by atoms with Crippen LogP contribution in [0.5, 0.6) is 0 Å². The Bertz CT molecular complexity index is 557. The number of nitrogens with zero attached hydrogens (tertiary/aromatic N) is 3. The number of rotatable bonds is 4. The Morgan fingerprint density at radius 1 is 1.50 bits per heavy atom. The molecule has 1 N–H and O–H groups in total. The van der Waals surface area contributed by atoms with Gasteiger partial charge in [-0.3, -0.25) is 10.1 Å². The van der Waals surface area contributed by atoms with E-state index in [4.69, 9.17) is 0 Å². The Kier molecular flexibility index (Phi) is 4.38. The average molecular weight is 327 g/mol. The summed E-state index contributed by atoms with van der Waals surface area (Å²) in [7, 11) is 0. The Morgan fingerprint density at radius 3 is 3.06 bits per heavy atom. The number of aryl methyl sites for hydroxylation is 1. The molecule has 0 aliphatic rings. The summed E-state index contributed by atoms with van der Waals surface area (Å²) >= 11 is 4.67. The second kappa shape index (κ2) is 6.01. The van der Waals surface area contributed by atoms with Crippen LogP contribution < -0.4 is 5.32 Å². The van der Waals surface area contributed by atoms with E-state index in [1.165, 1.54) is 11.3 Å². The van der Waals surface area contributed by atoms with E-state index in [1.54, 1.807) is 18.3 Å². The number of hydrogen-bond acceptors (Lipinski definition) is 5. The molecule has 0 saturated heterocycles. The number of aromatic nitrogens is 3. The highest BCUT2D eigenvalue weighted by atomic mass is 79.9. The third kappa shape index (κ3) is 3.11. The molecule has 0 unspecified atom stereocenters. The van der Waals surface area contributed by atoms with E-state index in [0.29, 0.717) is 15.3 Å². The van der Waals surface area contributed by atoms with E-state index >= 15 is 0 Å². The zero-order chi connectivity index (χ0) is 13.0. The van der Waals surface area contributed by atoms with Gasteiger partial charge < -0.3 is 0 Å². The van der Waals surface area contributed by atoms with Crippen molar-refractivity contribution in [3.63, 3.8) is 0 Å². The van der Waals surface area contributed by atoms with E-state index in [-0.39, 0.29) is 5.91 Å².